The summed E-state index contributed by atoms with van der Waals surface area (Å²) in [6.07, 6.45) is 0. The standard InChI is InChI=1S/C18H16N4O2S/c1-11(25-18-19-14-5-3-4-6-15(14)20-18)16-21-22-17(24-16)12-7-9-13(23-2)10-8-12/h3-11H,1-2H3,(H,19,20)/t11-/m0/s1. The Bertz CT molecular complexity index is 961. The van der Waals surface area contributed by atoms with E-state index in [1.807, 2.05) is 55.5 Å². The van der Waals surface area contributed by atoms with Gasteiger partial charge in [0, 0.05) is 5.56 Å². The Morgan fingerprint density at radius 3 is 2.64 bits per heavy atom. The third kappa shape index (κ3) is 3.23. The third-order valence-corrected chi connectivity index (χ3v) is 4.75. The molecule has 0 saturated heterocycles. The van der Waals surface area contributed by atoms with E-state index in [1.165, 1.54) is 0 Å². The number of ether oxygens (including phenoxy) is 1. The molecule has 4 aromatic rings. The monoisotopic (exact) mass is 352 g/mol. The second-order valence-electron chi connectivity index (χ2n) is 5.49. The number of hydrogen-bond donors (Lipinski definition) is 1. The van der Waals surface area contributed by atoms with Gasteiger partial charge in [-0.3, -0.25) is 0 Å². The number of nitrogens with one attached hydrogen (secondary N) is 1. The van der Waals surface area contributed by atoms with Gasteiger partial charge in [-0.25, -0.2) is 4.98 Å². The smallest absolute Gasteiger partial charge is 0.247 e. The van der Waals surface area contributed by atoms with Crippen LogP contribution in [0.3, 0.4) is 0 Å². The zero-order chi connectivity index (χ0) is 17.2. The van der Waals surface area contributed by atoms with Crippen molar-refractivity contribution in [2.75, 3.05) is 7.11 Å². The molecule has 7 heteroatoms. The first kappa shape index (κ1) is 15.7. The lowest BCUT2D eigenvalue weighted by atomic mass is 10.2. The minimum absolute atomic E-state index is 0.0138. The van der Waals surface area contributed by atoms with Crippen LogP contribution in [-0.2, 0) is 0 Å². The molecular formula is C18H16N4O2S. The fourth-order valence-electron chi connectivity index (χ4n) is 2.45. The highest BCUT2D eigenvalue weighted by Crippen LogP contribution is 2.34. The Labute approximate surface area is 148 Å². The first-order chi connectivity index (χ1) is 12.2. The molecule has 0 fully saturated rings. The first-order valence-electron chi connectivity index (χ1n) is 7.82. The van der Waals surface area contributed by atoms with Crippen LogP contribution in [0, 0.1) is 0 Å². The van der Waals surface area contributed by atoms with E-state index in [1.54, 1.807) is 18.9 Å². The Morgan fingerprint density at radius 2 is 1.88 bits per heavy atom. The highest BCUT2D eigenvalue weighted by atomic mass is 32.2. The highest BCUT2D eigenvalue weighted by molar-refractivity contribution is 7.99. The van der Waals surface area contributed by atoms with Crippen molar-refractivity contribution in [1.82, 2.24) is 20.2 Å². The van der Waals surface area contributed by atoms with Crippen molar-refractivity contribution in [3.05, 3.63) is 54.4 Å². The van der Waals surface area contributed by atoms with Crippen LogP contribution in [-0.4, -0.2) is 27.3 Å². The largest absolute Gasteiger partial charge is 0.497 e. The molecule has 25 heavy (non-hydrogen) atoms. The van der Waals surface area contributed by atoms with E-state index in [9.17, 15) is 0 Å². The average molecular weight is 352 g/mol. The quantitative estimate of drug-likeness (QED) is 0.534. The Hall–Kier alpha value is -2.80. The molecule has 0 unspecified atom stereocenters. The second-order valence-corrected chi connectivity index (χ2v) is 6.82. The number of hydrogen-bond acceptors (Lipinski definition) is 6. The van der Waals surface area contributed by atoms with Crippen molar-refractivity contribution < 1.29 is 9.15 Å². The highest BCUT2D eigenvalue weighted by Gasteiger charge is 2.18. The van der Waals surface area contributed by atoms with Crippen molar-refractivity contribution in [2.24, 2.45) is 0 Å². The molecule has 0 aliphatic rings. The van der Waals surface area contributed by atoms with E-state index in [2.05, 4.69) is 20.2 Å². The Kier molecular flexibility index (Phi) is 4.15. The van der Waals surface area contributed by atoms with Crippen molar-refractivity contribution >= 4 is 22.8 Å². The number of rotatable bonds is 5. The fraction of sp³-hybridized carbons (Fsp3) is 0.167. The van der Waals surface area contributed by atoms with Crippen LogP contribution < -0.4 is 4.74 Å². The summed E-state index contributed by atoms with van der Waals surface area (Å²) in [7, 11) is 1.64. The van der Waals surface area contributed by atoms with Gasteiger partial charge < -0.3 is 14.1 Å². The van der Waals surface area contributed by atoms with Gasteiger partial charge in [-0.05, 0) is 43.3 Å². The molecule has 1 N–H and O–H groups in total. The predicted octanol–water partition coefficient (Wildman–Crippen LogP) is 4.47. The molecule has 1 atom stereocenters. The van der Waals surface area contributed by atoms with Crippen LogP contribution in [0.4, 0.5) is 0 Å². The molecule has 126 valence electrons. The molecular weight excluding hydrogens is 336 g/mol. The van der Waals surface area contributed by atoms with Gasteiger partial charge in [-0.1, -0.05) is 23.9 Å². The molecule has 2 aromatic carbocycles. The minimum atomic E-state index is -0.0138. The van der Waals surface area contributed by atoms with Crippen LogP contribution in [0.2, 0.25) is 0 Å². The summed E-state index contributed by atoms with van der Waals surface area (Å²) >= 11 is 1.55. The molecule has 2 aromatic heterocycles. The van der Waals surface area contributed by atoms with E-state index in [4.69, 9.17) is 9.15 Å². The van der Waals surface area contributed by atoms with Crippen LogP contribution in [0.25, 0.3) is 22.5 Å². The van der Waals surface area contributed by atoms with Crippen molar-refractivity contribution in [3.63, 3.8) is 0 Å². The van der Waals surface area contributed by atoms with Crippen LogP contribution in [0.1, 0.15) is 18.1 Å². The van der Waals surface area contributed by atoms with Gasteiger partial charge in [0.05, 0.1) is 23.4 Å². The summed E-state index contributed by atoms with van der Waals surface area (Å²) in [5, 5.41) is 9.14. The Balaban J connectivity index is 1.52. The molecule has 0 spiro atoms. The summed E-state index contributed by atoms with van der Waals surface area (Å²) < 4.78 is 11.0. The lowest BCUT2D eigenvalue weighted by Gasteiger charge is -2.03. The van der Waals surface area contributed by atoms with E-state index in [-0.39, 0.29) is 5.25 Å². The first-order valence-corrected chi connectivity index (χ1v) is 8.70. The van der Waals surface area contributed by atoms with E-state index < -0.39 is 0 Å². The zero-order valence-corrected chi connectivity index (χ0v) is 14.6. The van der Waals surface area contributed by atoms with E-state index in [0.717, 1.165) is 27.5 Å². The minimum Gasteiger partial charge on any atom is -0.497 e. The normalized spacial score (nSPS) is 12.4. The molecule has 0 radical (unpaired) electrons. The number of H-pyrrole nitrogens is 1. The van der Waals surface area contributed by atoms with Gasteiger partial charge in [-0.15, -0.1) is 10.2 Å². The lowest BCUT2D eigenvalue weighted by molar-refractivity contribution is 0.415. The molecule has 6 nitrogen and oxygen atoms in total. The molecule has 0 bridgehead atoms. The summed E-state index contributed by atoms with van der Waals surface area (Å²) in [5.41, 5.74) is 2.82. The number of thioether (sulfide) groups is 1. The van der Waals surface area contributed by atoms with E-state index in [0.29, 0.717) is 11.8 Å². The summed E-state index contributed by atoms with van der Waals surface area (Å²) in [6.45, 7) is 2.02. The van der Waals surface area contributed by atoms with Gasteiger partial charge in [0.15, 0.2) is 5.16 Å². The van der Waals surface area contributed by atoms with Crippen molar-refractivity contribution in [2.45, 2.75) is 17.3 Å². The zero-order valence-electron chi connectivity index (χ0n) is 13.8. The SMILES string of the molecule is COc1ccc(-c2nnc([C@H](C)Sc3nc4ccccc4[nH]3)o2)cc1. The molecule has 0 amide bonds. The average Bonchev–Trinajstić information content (AvgIpc) is 3.28. The number of aromatic amines is 1. The summed E-state index contributed by atoms with van der Waals surface area (Å²) in [6, 6.07) is 15.5. The molecule has 4 rings (SSSR count). The van der Waals surface area contributed by atoms with Crippen LogP contribution in [0.5, 0.6) is 5.75 Å². The van der Waals surface area contributed by atoms with Gasteiger partial charge >= 0.3 is 0 Å². The second kappa shape index (κ2) is 6.60. The van der Waals surface area contributed by atoms with Crippen LogP contribution in [0.15, 0.2) is 58.1 Å². The van der Waals surface area contributed by atoms with Gasteiger partial charge in [0.25, 0.3) is 0 Å². The van der Waals surface area contributed by atoms with Gasteiger partial charge in [-0.2, -0.15) is 0 Å². The van der Waals surface area contributed by atoms with E-state index >= 15 is 0 Å². The molecule has 2 heterocycles. The molecule has 0 aliphatic carbocycles. The van der Waals surface area contributed by atoms with Crippen LogP contribution >= 0.6 is 11.8 Å². The van der Waals surface area contributed by atoms with Crippen molar-refractivity contribution in [1.29, 1.82) is 0 Å². The number of fused-ring (bicyclic) bond motifs is 1. The fourth-order valence-corrected chi connectivity index (χ4v) is 3.30. The lowest BCUT2D eigenvalue weighted by Crippen LogP contribution is -1.89. The topological polar surface area (TPSA) is 76.8 Å². The number of para-hydroxylation sites is 2. The van der Waals surface area contributed by atoms with Crippen molar-refractivity contribution in [3.8, 4) is 17.2 Å². The summed E-state index contributed by atoms with van der Waals surface area (Å²) in [4.78, 5) is 7.86. The maximum absolute atomic E-state index is 5.83. The number of imidazole rings is 1. The number of methoxy groups -OCH3 is 1. The predicted molar refractivity (Wildman–Crippen MR) is 96.7 cm³/mol. The molecule has 0 saturated carbocycles. The number of nitrogens with zero attached hydrogens (tertiary/aromatic N) is 3. The number of aromatic nitrogens is 4. The Morgan fingerprint density at radius 1 is 1.08 bits per heavy atom. The third-order valence-electron chi connectivity index (χ3n) is 3.78. The number of benzene rings is 2. The maximum atomic E-state index is 5.83. The maximum Gasteiger partial charge on any atom is 0.247 e. The van der Waals surface area contributed by atoms with Gasteiger partial charge in [0.2, 0.25) is 11.8 Å². The summed E-state index contributed by atoms with van der Waals surface area (Å²) in [5.74, 6) is 1.85. The molecule has 0 aliphatic heterocycles. The van der Waals surface area contributed by atoms with Gasteiger partial charge in [0.1, 0.15) is 5.75 Å².